The lowest BCUT2D eigenvalue weighted by Crippen LogP contribution is -2.64. The maximum atomic E-state index is 13.8. The van der Waals surface area contributed by atoms with E-state index in [2.05, 4.69) is 5.32 Å². The molecule has 3 aromatic rings. The molecule has 3 heterocycles. The number of halogens is 1. The van der Waals surface area contributed by atoms with Gasteiger partial charge in [0, 0.05) is 17.6 Å². The Morgan fingerprint density at radius 1 is 1.19 bits per heavy atom. The summed E-state index contributed by atoms with van der Waals surface area (Å²) in [4.78, 5) is 29.3. The van der Waals surface area contributed by atoms with Crippen molar-refractivity contribution >= 4 is 45.0 Å². The van der Waals surface area contributed by atoms with Gasteiger partial charge in [0.1, 0.15) is 11.2 Å². The highest BCUT2D eigenvalue weighted by Crippen LogP contribution is 2.35. The van der Waals surface area contributed by atoms with Gasteiger partial charge in [-0.25, -0.2) is 0 Å². The van der Waals surface area contributed by atoms with Crippen LogP contribution in [0, 0.1) is 0 Å². The molecule has 0 bridgehead atoms. The Kier molecular flexibility index (Phi) is 5.76. The molecule has 1 atom stereocenters. The average molecular weight is 470 g/mol. The highest BCUT2D eigenvalue weighted by Gasteiger charge is 2.48. The van der Waals surface area contributed by atoms with Gasteiger partial charge < -0.3 is 14.8 Å². The summed E-state index contributed by atoms with van der Waals surface area (Å²) in [5, 5.41) is 5.97. The number of carbonyl (C=O) groups is 2. The first-order valence-electron chi connectivity index (χ1n) is 11.4. The average Bonchev–Trinajstić information content (AvgIpc) is 3.26. The fraction of sp³-hybridized carbons (Fsp3) is 0.440. The fourth-order valence-corrected chi connectivity index (χ4v) is 6.14. The van der Waals surface area contributed by atoms with Gasteiger partial charge in [-0.1, -0.05) is 49.4 Å². The van der Waals surface area contributed by atoms with E-state index >= 15 is 0 Å². The summed E-state index contributed by atoms with van der Waals surface area (Å²) in [6.07, 6.45) is 6.76. The van der Waals surface area contributed by atoms with Crippen molar-refractivity contribution in [2.45, 2.75) is 70.1 Å². The largest absolute Gasteiger partial charge is 0.351 e. The predicted octanol–water partition coefficient (Wildman–Crippen LogP) is 5.61. The number of carbonyl (C=O) groups excluding carboxylic acids is 2. The third kappa shape index (κ3) is 3.84. The molecule has 32 heavy (non-hydrogen) atoms. The monoisotopic (exact) mass is 469 g/mol. The first-order valence-corrected chi connectivity index (χ1v) is 12.7. The highest BCUT2D eigenvalue weighted by molar-refractivity contribution is 7.17. The highest BCUT2D eigenvalue weighted by atomic mass is 35.5. The quantitative estimate of drug-likeness (QED) is 0.505. The number of thiophene rings is 1. The van der Waals surface area contributed by atoms with Crippen LogP contribution in [0.4, 0.5) is 0 Å². The molecule has 1 saturated carbocycles. The molecule has 2 amide bonds. The summed E-state index contributed by atoms with van der Waals surface area (Å²) in [6, 6.07) is 11.7. The van der Waals surface area contributed by atoms with Crippen LogP contribution in [0.1, 0.15) is 61.5 Å². The summed E-state index contributed by atoms with van der Waals surface area (Å²) in [5.41, 5.74) is 1.59. The number of benzene rings is 1. The van der Waals surface area contributed by atoms with Crippen LogP contribution in [0.3, 0.4) is 0 Å². The molecule has 1 aliphatic heterocycles. The van der Waals surface area contributed by atoms with Crippen molar-refractivity contribution in [3.63, 3.8) is 0 Å². The number of rotatable bonds is 4. The van der Waals surface area contributed by atoms with Crippen LogP contribution in [0.5, 0.6) is 0 Å². The predicted molar refractivity (Wildman–Crippen MR) is 129 cm³/mol. The van der Waals surface area contributed by atoms with E-state index in [0.717, 1.165) is 41.5 Å². The maximum absolute atomic E-state index is 13.8. The summed E-state index contributed by atoms with van der Waals surface area (Å²) in [5.74, 6) is -0.180. The Labute approximate surface area is 197 Å². The molecule has 1 unspecified atom stereocenters. The van der Waals surface area contributed by atoms with Gasteiger partial charge in [0.05, 0.1) is 16.8 Å². The number of hydrogen-bond acceptors (Lipinski definition) is 3. The molecule has 0 spiro atoms. The van der Waals surface area contributed by atoms with Crippen molar-refractivity contribution in [1.82, 2.24) is 14.8 Å². The van der Waals surface area contributed by atoms with Crippen LogP contribution < -0.4 is 5.32 Å². The molecule has 2 aliphatic rings. The van der Waals surface area contributed by atoms with Crippen molar-refractivity contribution < 1.29 is 9.59 Å². The smallest absolute Gasteiger partial charge is 0.271 e. The number of nitrogens with zero attached hydrogens (tertiary/aromatic N) is 2. The molecule has 1 N–H and O–H groups in total. The van der Waals surface area contributed by atoms with Crippen LogP contribution >= 0.6 is 22.9 Å². The standard InChI is InChI=1S/C25H28ClN3O2S/c1-25(24(31)27-19-9-4-2-3-5-10-19)16-28-20-11-12-32-22(20)14-21(28)23(30)29(25)15-17-7-6-8-18(26)13-17/h6-8,11-14,19H,2-5,9-10,15-16H2,1H3,(H,27,31). The van der Waals surface area contributed by atoms with Gasteiger partial charge >= 0.3 is 0 Å². The third-order valence-electron chi connectivity index (χ3n) is 6.96. The topological polar surface area (TPSA) is 54.3 Å². The van der Waals surface area contributed by atoms with Crippen molar-refractivity contribution in [1.29, 1.82) is 0 Å². The van der Waals surface area contributed by atoms with Gasteiger partial charge in [-0.15, -0.1) is 11.3 Å². The fourth-order valence-electron chi connectivity index (χ4n) is 5.10. The lowest BCUT2D eigenvalue weighted by molar-refractivity contribution is -0.134. The molecule has 0 radical (unpaired) electrons. The summed E-state index contributed by atoms with van der Waals surface area (Å²) in [7, 11) is 0. The minimum atomic E-state index is -0.993. The van der Waals surface area contributed by atoms with E-state index in [0.29, 0.717) is 23.8 Å². The second kappa shape index (κ2) is 8.56. The number of aromatic nitrogens is 1. The Hall–Kier alpha value is -2.31. The number of hydrogen-bond donors (Lipinski definition) is 1. The van der Waals surface area contributed by atoms with Crippen molar-refractivity contribution in [3.8, 4) is 0 Å². The van der Waals surface area contributed by atoms with E-state index in [1.165, 1.54) is 12.8 Å². The molecule has 1 aromatic carbocycles. The lowest BCUT2D eigenvalue weighted by atomic mass is 9.93. The molecule has 1 aliphatic carbocycles. The number of nitrogens with one attached hydrogen (secondary N) is 1. The van der Waals surface area contributed by atoms with Crippen LogP contribution in [-0.2, 0) is 17.9 Å². The summed E-state index contributed by atoms with van der Waals surface area (Å²) < 4.78 is 3.10. The Morgan fingerprint density at radius 2 is 1.97 bits per heavy atom. The van der Waals surface area contributed by atoms with Gasteiger partial charge in [-0.3, -0.25) is 9.59 Å². The SMILES string of the molecule is CC1(C(=O)NC2CCCCCC2)Cn2c(cc3sccc32)C(=O)N1Cc1cccc(Cl)c1. The molecule has 0 saturated heterocycles. The summed E-state index contributed by atoms with van der Waals surface area (Å²) in [6.45, 7) is 2.68. The normalized spacial score (nSPS) is 22.1. The van der Waals surface area contributed by atoms with Crippen molar-refractivity contribution in [2.75, 3.05) is 0 Å². The van der Waals surface area contributed by atoms with Crippen LogP contribution in [0.15, 0.2) is 41.8 Å². The first-order chi connectivity index (χ1) is 15.5. The van der Waals surface area contributed by atoms with Crippen molar-refractivity contribution in [3.05, 3.63) is 58.1 Å². The zero-order valence-electron chi connectivity index (χ0n) is 18.3. The zero-order valence-corrected chi connectivity index (χ0v) is 19.8. The van der Waals surface area contributed by atoms with Gasteiger partial charge in [-0.05, 0) is 55.0 Å². The van der Waals surface area contributed by atoms with E-state index in [9.17, 15) is 9.59 Å². The van der Waals surface area contributed by atoms with E-state index in [4.69, 9.17) is 11.6 Å². The molecule has 5 nitrogen and oxygen atoms in total. The third-order valence-corrected chi connectivity index (χ3v) is 8.05. The van der Waals surface area contributed by atoms with E-state index in [1.54, 1.807) is 16.2 Å². The van der Waals surface area contributed by atoms with E-state index < -0.39 is 5.54 Å². The second-order valence-corrected chi connectivity index (χ2v) is 10.6. The molecule has 168 valence electrons. The van der Waals surface area contributed by atoms with Crippen molar-refractivity contribution in [2.24, 2.45) is 0 Å². The van der Waals surface area contributed by atoms with Gasteiger partial charge in [-0.2, -0.15) is 0 Å². The second-order valence-electron chi connectivity index (χ2n) is 9.24. The number of amides is 2. The Balaban J connectivity index is 1.52. The molecular formula is C25H28ClN3O2S. The van der Waals surface area contributed by atoms with Crippen LogP contribution in [0.2, 0.25) is 5.02 Å². The van der Waals surface area contributed by atoms with Gasteiger partial charge in [0.2, 0.25) is 5.91 Å². The summed E-state index contributed by atoms with van der Waals surface area (Å²) >= 11 is 7.83. The Morgan fingerprint density at radius 3 is 2.72 bits per heavy atom. The molecule has 1 fully saturated rings. The minimum Gasteiger partial charge on any atom is -0.351 e. The molecule has 5 rings (SSSR count). The molecule has 2 aromatic heterocycles. The van der Waals surface area contributed by atoms with E-state index in [-0.39, 0.29) is 17.9 Å². The lowest BCUT2D eigenvalue weighted by Gasteiger charge is -2.44. The van der Waals surface area contributed by atoms with Crippen LogP contribution in [-0.4, -0.2) is 32.9 Å². The number of fused-ring (bicyclic) bond motifs is 3. The maximum Gasteiger partial charge on any atom is 0.271 e. The molecular weight excluding hydrogens is 442 g/mol. The minimum absolute atomic E-state index is 0.0671. The zero-order chi connectivity index (χ0) is 22.3. The van der Waals surface area contributed by atoms with Crippen LogP contribution in [0.25, 0.3) is 10.2 Å². The van der Waals surface area contributed by atoms with Gasteiger partial charge in [0.25, 0.3) is 5.91 Å². The first kappa shape index (κ1) is 21.5. The van der Waals surface area contributed by atoms with E-state index in [1.807, 2.05) is 53.3 Å². The van der Waals surface area contributed by atoms with Gasteiger partial charge in [0.15, 0.2) is 0 Å². The Bertz CT molecular complexity index is 1160. The molecule has 7 heteroatoms.